The van der Waals surface area contributed by atoms with Crippen LogP contribution in [-0.4, -0.2) is 44.3 Å². The molecule has 0 atom stereocenters. The van der Waals surface area contributed by atoms with E-state index in [1.165, 1.54) is 38.5 Å². The number of ketones is 2. The highest BCUT2D eigenvalue weighted by atomic mass is 35.5. The lowest BCUT2D eigenvalue weighted by atomic mass is 9.83. The number of hydrogen-bond donors (Lipinski definition) is 1. The minimum absolute atomic E-state index is 0.0601. The monoisotopic (exact) mass is 479 g/mol. The van der Waals surface area contributed by atoms with E-state index >= 15 is 0 Å². The van der Waals surface area contributed by atoms with Crippen molar-refractivity contribution in [2.45, 2.75) is 0 Å². The van der Waals surface area contributed by atoms with Crippen molar-refractivity contribution in [3.8, 4) is 11.5 Å². The molecule has 0 fully saturated rings. The Morgan fingerprint density at radius 1 is 0.882 bits per heavy atom. The molecule has 0 bridgehead atoms. The van der Waals surface area contributed by atoms with Crippen LogP contribution in [0.2, 0.25) is 5.02 Å². The molecule has 4 rings (SSSR count). The van der Waals surface area contributed by atoms with Crippen molar-refractivity contribution in [3.63, 3.8) is 0 Å². The molecule has 9 heteroatoms. The lowest BCUT2D eigenvalue weighted by molar-refractivity contribution is -0.119. The molecule has 3 aromatic carbocycles. The fraction of sp³-hybridized carbons (Fsp3) is 0.120. The molecule has 1 amide bonds. The Bertz CT molecular complexity index is 1350. The van der Waals surface area contributed by atoms with Gasteiger partial charge in [-0.1, -0.05) is 48.0 Å². The molecule has 0 radical (unpaired) electrons. The number of methoxy groups -OCH3 is 2. The normalized spacial score (nSPS) is 11.9. The first-order chi connectivity index (χ1) is 16.3. The van der Waals surface area contributed by atoms with Gasteiger partial charge in [-0.2, -0.15) is 0 Å². The van der Waals surface area contributed by atoms with E-state index < -0.39 is 18.5 Å². The zero-order valence-corrected chi connectivity index (χ0v) is 18.9. The fourth-order valence-corrected chi connectivity index (χ4v) is 3.97. The molecule has 0 unspecified atom stereocenters. The molecule has 3 aromatic rings. The predicted octanol–water partition coefficient (Wildman–Crippen LogP) is 3.93. The zero-order chi connectivity index (χ0) is 24.4. The fourth-order valence-electron chi connectivity index (χ4n) is 3.69. The summed E-state index contributed by atoms with van der Waals surface area (Å²) in [6.45, 7) is -0.632. The lowest BCUT2D eigenvalue weighted by Crippen LogP contribution is -2.26. The molecule has 34 heavy (non-hydrogen) atoms. The quantitative estimate of drug-likeness (QED) is 0.417. The summed E-state index contributed by atoms with van der Waals surface area (Å²) >= 11 is 6.10. The molecule has 8 nitrogen and oxygen atoms in total. The van der Waals surface area contributed by atoms with E-state index in [1.54, 1.807) is 30.3 Å². The summed E-state index contributed by atoms with van der Waals surface area (Å²) in [4.78, 5) is 50.8. The largest absolute Gasteiger partial charge is 0.493 e. The average Bonchev–Trinajstić information content (AvgIpc) is 2.85. The molecule has 0 saturated heterocycles. The van der Waals surface area contributed by atoms with Gasteiger partial charge in [-0.3, -0.25) is 14.4 Å². The summed E-state index contributed by atoms with van der Waals surface area (Å²) < 4.78 is 15.4. The Hall–Kier alpha value is -4.17. The number of halogens is 1. The Morgan fingerprint density at radius 2 is 1.56 bits per heavy atom. The number of fused-ring (bicyclic) bond motifs is 2. The van der Waals surface area contributed by atoms with Crippen LogP contribution in [0.1, 0.15) is 42.2 Å². The van der Waals surface area contributed by atoms with Crippen molar-refractivity contribution < 1.29 is 33.4 Å². The van der Waals surface area contributed by atoms with Gasteiger partial charge in [-0.15, -0.1) is 0 Å². The van der Waals surface area contributed by atoms with Gasteiger partial charge in [-0.25, -0.2) is 4.79 Å². The van der Waals surface area contributed by atoms with Crippen LogP contribution >= 0.6 is 11.6 Å². The number of carbonyl (C=O) groups excluding carboxylic acids is 4. The van der Waals surface area contributed by atoms with Crippen molar-refractivity contribution >= 4 is 40.7 Å². The van der Waals surface area contributed by atoms with E-state index in [-0.39, 0.29) is 56.0 Å². The van der Waals surface area contributed by atoms with Crippen LogP contribution in [0.15, 0.2) is 54.6 Å². The maximum Gasteiger partial charge on any atom is 0.338 e. The zero-order valence-electron chi connectivity index (χ0n) is 18.1. The van der Waals surface area contributed by atoms with Gasteiger partial charge in [0.1, 0.15) is 0 Å². The number of rotatable bonds is 6. The van der Waals surface area contributed by atoms with Crippen LogP contribution in [0.5, 0.6) is 11.5 Å². The Balaban J connectivity index is 1.50. The first kappa shape index (κ1) is 23.0. The molecule has 172 valence electrons. The second-order valence-electron chi connectivity index (χ2n) is 7.25. The molecule has 1 N–H and O–H groups in total. The van der Waals surface area contributed by atoms with Crippen molar-refractivity contribution in [1.29, 1.82) is 0 Å². The molecule has 0 spiro atoms. The average molecular weight is 480 g/mol. The third-order valence-corrected chi connectivity index (χ3v) is 5.51. The molecule has 0 heterocycles. The number of anilines is 1. The highest BCUT2D eigenvalue weighted by Gasteiger charge is 2.31. The highest BCUT2D eigenvalue weighted by Crippen LogP contribution is 2.36. The van der Waals surface area contributed by atoms with Gasteiger partial charge in [0.05, 0.1) is 36.1 Å². The summed E-state index contributed by atoms with van der Waals surface area (Å²) in [6, 6.07) is 13.8. The number of esters is 1. The number of nitrogens with one attached hydrogen (secondary N) is 1. The smallest absolute Gasteiger partial charge is 0.338 e. The van der Waals surface area contributed by atoms with Crippen molar-refractivity contribution in [2.75, 3.05) is 26.1 Å². The van der Waals surface area contributed by atoms with Crippen molar-refractivity contribution in [3.05, 3.63) is 87.4 Å². The lowest BCUT2D eigenvalue weighted by Gasteiger charge is -2.20. The summed E-state index contributed by atoms with van der Waals surface area (Å²) in [6.07, 6.45) is 0. The first-order valence-electron chi connectivity index (χ1n) is 10.1. The molecule has 0 aromatic heterocycles. The van der Waals surface area contributed by atoms with Gasteiger partial charge in [-0.05, 0) is 18.2 Å². The maximum atomic E-state index is 13.0. The van der Waals surface area contributed by atoms with E-state index in [2.05, 4.69) is 5.32 Å². The highest BCUT2D eigenvalue weighted by molar-refractivity contribution is 6.32. The number of hydrogen-bond acceptors (Lipinski definition) is 7. The van der Waals surface area contributed by atoms with Crippen LogP contribution in [0.3, 0.4) is 0 Å². The van der Waals surface area contributed by atoms with Gasteiger partial charge >= 0.3 is 5.97 Å². The second-order valence-corrected chi connectivity index (χ2v) is 7.66. The van der Waals surface area contributed by atoms with Crippen molar-refractivity contribution in [2.24, 2.45) is 0 Å². The number of carbonyl (C=O) groups is 4. The molecule has 0 aliphatic heterocycles. The minimum atomic E-state index is -0.812. The molecule has 1 aliphatic rings. The Labute approximate surface area is 199 Å². The SMILES string of the molecule is COc1cc(C(=O)OCC(=O)Nc2cccc3c2C(=O)c2ccccc2C3=O)cc(Cl)c1OC. The standard InChI is InChI=1S/C25H18ClNO7/c1-32-19-11-13(10-17(26)24(19)33-2)25(31)34-12-20(28)27-18-9-5-8-16-21(18)23(30)15-7-4-3-6-14(15)22(16)29/h3-11H,12H2,1-2H3,(H,27,28). The van der Waals surface area contributed by atoms with Gasteiger partial charge in [0.25, 0.3) is 5.91 Å². The third-order valence-electron chi connectivity index (χ3n) is 5.23. The van der Waals surface area contributed by atoms with Crippen LogP contribution in [0.4, 0.5) is 5.69 Å². The topological polar surface area (TPSA) is 108 Å². The van der Waals surface area contributed by atoms with E-state index in [4.69, 9.17) is 25.8 Å². The van der Waals surface area contributed by atoms with Crippen molar-refractivity contribution in [1.82, 2.24) is 0 Å². The van der Waals surface area contributed by atoms with Gasteiger partial charge in [0.15, 0.2) is 29.7 Å². The van der Waals surface area contributed by atoms with E-state index in [0.29, 0.717) is 5.56 Å². The van der Waals surface area contributed by atoms with Gasteiger partial charge in [0, 0.05) is 16.7 Å². The predicted molar refractivity (Wildman–Crippen MR) is 123 cm³/mol. The van der Waals surface area contributed by atoms with Gasteiger partial charge < -0.3 is 19.5 Å². The van der Waals surface area contributed by atoms with Crippen LogP contribution in [0, 0.1) is 0 Å². The summed E-state index contributed by atoms with van der Waals surface area (Å²) in [5.41, 5.74) is 1.07. The second kappa shape index (κ2) is 9.36. The molecular weight excluding hydrogens is 462 g/mol. The molecular formula is C25H18ClNO7. The number of ether oxygens (including phenoxy) is 3. The summed E-state index contributed by atoms with van der Waals surface area (Å²) in [5.74, 6) is -1.70. The Kier molecular flexibility index (Phi) is 6.34. The van der Waals surface area contributed by atoms with E-state index in [9.17, 15) is 19.2 Å². The number of benzene rings is 3. The summed E-state index contributed by atoms with van der Waals surface area (Å²) in [5, 5.41) is 2.69. The van der Waals surface area contributed by atoms with Gasteiger partial charge in [0.2, 0.25) is 0 Å². The Morgan fingerprint density at radius 3 is 2.24 bits per heavy atom. The van der Waals surface area contributed by atoms with E-state index in [0.717, 1.165) is 0 Å². The molecule has 1 aliphatic carbocycles. The third kappa shape index (κ3) is 4.11. The molecule has 0 saturated carbocycles. The summed E-state index contributed by atoms with van der Waals surface area (Å²) in [7, 11) is 2.80. The first-order valence-corrected chi connectivity index (χ1v) is 10.4. The van der Waals surface area contributed by atoms with Crippen LogP contribution in [-0.2, 0) is 9.53 Å². The van der Waals surface area contributed by atoms with Crippen LogP contribution < -0.4 is 14.8 Å². The minimum Gasteiger partial charge on any atom is -0.493 e. The number of amides is 1. The van der Waals surface area contributed by atoms with E-state index in [1.807, 2.05) is 0 Å². The maximum absolute atomic E-state index is 13.0. The van der Waals surface area contributed by atoms with Crippen LogP contribution in [0.25, 0.3) is 0 Å².